The number of ether oxygens (including phenoxy) is 4. The van der Waals surface area contributed by atoms with Crippen molar-refractivity contribution in [2.75, 3.05) is 130 Å². The van der Waals surface area contributed by atoms with Crippen molar-refractivity contribution in [2.45, 2.75) is 0 Å². The van der Waals surface area contributed by atoms with Gasteiger partial charge in [-0.1, -0.05) is 47.5 Å². The fraction of sp³-hybridized carbons (Fsp3) is 0.435. The molecule has 0 unspecified atom stereocenters. The topological polar surface area (TPSA) is 123 Å². The van der Waals surface area contributed by atoms with Crippen LogP contribution in [0.25, 0.3) is 6.15 Å². The zero-order valence-corrected chi connectivity index (χ0v) is 40.5. The number of halogens is 3. The van der Waals surface area contributed by atoms with Gasteiger partial charge in [0, 0.05) is 114 Å². The van der Waals surface area contributed by atoms with Gasteiger partial charge in [0.25, 0.3) is 0 Å². The van der Waals surface area contributed by atoms with Crippen molar-refractivity contribution in [2.24, 2.45) is 9.98 Å². The van der Waals surface area contributed by atoms with Crippen molar-refractivity contribution in [1.29, 1.82) is 0 Å². The molecule has 4 aromatic rings. The Morgan fingerprint density at radius 1 is 0.508 bits per heavy atom. The second-order valence-corrected chi connectivity index (χ2v) is 16.7. The van der Waals surface area contributed by atoms with E-state index in [4.69, 9.17) is 63.7 Å². The normalized spacial score (nSPS) is 18.7. The van der Waals surface area contributed by atoms with Crippen LogP contribution in [0.15, 0.2) is 94.9 Å². The zero-order chi connectivity index (χ0) is 41.8. The number of piperazine rings is 2. The van der Waals surface area contributed by atoms with Gasteiger partial charge in [-0.15, -0.1) is 11.6 Å². The van der Waals surface area contributed by atoms with E-state index in [2.05, 4.69) is 29.8 Å². The van der Waals surface area contributed by atoms with E-state index >= 15 is 0 Å². The van der Waals surface area contributed by atoms with Crippen LogP contribution in [0.5, 0.6) is 23.0 Å². The summed E-state index contributed by atoms with van der Waals surface area (Å²) in [5.74, 6) is 5.77. The number of hydrogen-bond acceptors (Lipinski definition) is 12. The number of morpholine rings is 2. The number of amidine groups is 2. The smallest absolute Gasteiger partial charge is 0.693 e. The van der Waals surface area contributed by atoms with Crippen LogP contribution in [-0.4, -0.2) is 167 Å². The van der Waals surface area contributed by atoms with Crippen LogP contribution in [-0.2, 0) is 9.47 Å². The molecule has 63 heavy (non-hydrogen) atoms. The molecule has 0 bridgehead atoms. The van der Waals surface area contributed by atoms with Crippen molar-refractivity contribution in [3.8, 4) is 23.0 Å². The third-order valence-corrected chi connectivity index (χ3v) is 12.1. The first kappa shape index (κ1) is 49.4. The number of aliphatic imine (C=N–C) groups is 2. The summed E-state index contributed by atoms with van der Waals surface area (Å²) in [6, 6.07) is 27.3. The minimum absolute atomic E-state index is 0. The third kappa shape index (κ3) is 13.5. The molecule has 0 aromatic heterocycles. The fourth-order valence-electron chi connectivity index (χ4n) is 7.98. The summed E-state index contributed by atoms with van der Waals surface area (Å²) in [5.41, 5.74) is 3.61. The van der Waals surface area contributed by atoms with Gasteiger partial charge in [-0.25, -0.2) is 9.98 Å². The molecule has 13 nitrogen and oxygen atoms in total. The van der Waals surface area contributed by atoms with Crippen molar-refractivity contribution in [3.63, 3.8) is 0 Å². The van der Waals surface area contributed by atoms with Crippen LogP contribution in [0.1, 0.15) is 11.1 Å². The monoisotopic (exact) mass is 927 g/mol. The summed E-state index contributed by atoms with van der Waals surface area (Å²) in [4.78, 5) is 21.9. The Kier molecular flexibility index (Phi) is 19.7. The van der Waals surface area contributed by atoms with Gasteiger partial charge >= 0.3 is 29.6 Å². The number of benzene rings is 4. The van der Waals surface area contributed by atoms with Gasteiger partial charge in [0.1, 0.15) is 34.5 Å². The van der Waals surface area contributed by atoms with Gasteiger partial charge in [-0.3, -0.25) is 14.7 Å². The molecule has 4 fully saturated rings. The maximum atomic E-state index is 6.33. The Labute approximate surface area is 409 Å². The first-order chi connectivity index (χ1) is 30.0. The first-order valence-corrected chi connectivity index (χ1v) is 22.7. The van der Waals surface area contributed by atoms with Gasteiger partial charge in [-0.2, -0.15) is 0 Å². The fourth-order valence-corrected chi connectivity index (χ4v) is 8.57. The molecule has 6 aliphatic rings. The molecule has 6 aliphatic heterocycles. The Bertz CT molecular complexity index is 2120. The molecule has 0 aliphatic carbocycles. The molecule has 0 saturated carbocycles. The molecule has 332 valence electrons. The molecule has 17 heteroatoms. The zero-order valence-electron chi connectivity index (χ0n) is 36.2. The maximum absolute atomic E-state index is 6.33. The van der Waals surface area contributed by atoms with E-state index in [9.17, 15) is 0 Å². The number of fused-ring (bicyclic) bond motifs is 4. The molecule has 4 aromatic carbocycles. The van der Waals surface area contributed by atoms with Crippen LogP contribution in [0.3, 0.4) is 0 Å². The number of nitrogens with zero attached hydrogens (tertiary/aromatic N) is 7. The van der Waals surface area contributed by atoms with Crippen molar-refractivity contribution >= 4 is 57.8 Å². The molecule has 0 spiro atoms. The second-order valence-electron chi connectivity index (χ2n) is 15.5. The minimum Gasteiger partial charge on any atom is -0.693 e. The SMILES string of the molecule is ClCCN1CCOCC1.Clc1ccc2c(c1)C(N1CCN(CCN3CCOCC3)CC1)=Nc1ccccc1O2.Clc1ccc2c(c1)C(N1CCNCC1)=Nc1ccccc1O2.[NH2-].[Na+]. The van der Waals surface area contributed by atoms with Gasteiger partial charge in [0.2, 0.25) is 0 Å². The van der Waals surface area contributed by atoms with Gasteiger partial charge < -0.3 is 40.2 Å². The predicted molar refractivity (Wildman–Crippen MR) is 251 cm³/mol. The summed E-state index contributed by atoms with van der Waals surface area (Å²) in [7, 11) is 0. The summed E-state index contributed by atoms with van der Waals surface area (Å²) < 4.78 is 22.9. The average Bonchev–Trinajstić information content (AvgIpc) is 3.58. The molecule has 4 saturated heterocycles. The Hall–Kier alpha value is -2.99. The number of para-hydroxylation sites is 4. The Morgan fingerprint density at radius 3 is 1.41 bits per heavy atom. The molecule has 0 radical (unpaired) electrons. The molecule has 0 amide bonds. The van der Waals surface area contributed by atoms with E-state index < -0.39 is 0 Å². The van der Waals surface area contributed by atoms with Gasteiger partial charge in [0.15, 0.2) is 11.5 Å². The molecule has 10 rings (SSSR count). The summed E-state index contributed by atoms with van der Waals surface area (Å²) in [6.07, 6.45) is 0. The van der Waals surface area contributed by atoms with Crippen LogP contribution >= 0.6 is 34.8 Å². The second kappa shape index (κ2) is 25.1. The Balaban J connectivity index is 0.000000176. The van der Waals surface area contributed by atoms with E-state index in [0.29, 0.717) is 10.0 Å². The summed E-state index contributed by atoms with van der Waals surface area (Å²) >= 11 is 18.1. The molecule has 6 heterocycles. The maximum Gasteiger partial charge on any atom is 1.00 e. The van der Waals surface area contributed by atoms with E-state index in [0.717, 1.165) is 188 Å². The molecule has 3 N–H and O–H groups in total. The predicted octanol–water partition coefficient (Wildman–Crippen LogP) is 5.18. The van der Waals surface area contributed by atoms with Crippen molar-refractivity contribution in [1.82, 2.24) is 29.8 Å². The number of rotatable bonds is 5. The van der Waals surface area contributed by atoms with Crippen LogP contribution in [0.2, 0.25) is 10.0 Å². The van der Waals surface area contributed by atoms with Gasteiger partial charge in [0.05, 0.1) is 37.6 Å². The number of nitrogens with one attached hydrogen (secondary N) is 1. The van der Waals surface area contributed by atoms with Crippen LogP contribution < -0.4 is 44.3 Å². The largest absolute Gasteiger partial charge is 1.00 e. The first-order valence-electron chi connectivity index (χ1n) is 21.4. The molecule has 0 atom stereocenters. The van der Waals surface area contributed by atoms with E-state index in [-0.39, 0.29) is 35.7 Å². The van der Waals surface area contributed by atoms with Gasteiger partial charge in [-0.05, 0) is 60.7 Å². The third-order valence-electron chi connectivity index (χ3n) is 11.4. The standard InChI is InChI=1S/C23H27ClN4O2.C17H16ClN3O.C6H12ClNO.H2N.Na/c24-18-5-6-21-19(17-18)23(25-20-3-1-2-4-22(20)30-21)28-11-9-26(10-12-28)7-8-27-13-15-29-16-14-27;18-12-5-6-15-13(11-12)17(21-9-7-19-8-10-21)20-14-3-1-2-4-16(14)22-15;7-1-2-8-3-5-9-6-4-8;;/h1-6,17H,7-16H2;1-6,11,19H,7-10H2;1-6H2;1H2;/q;;;-1;+1. The number of nitrogens with two attached hydrogens (primary N) is 1. The quantitative estimate of drug-likeness (QED) is 0.212. The minimum atomic E-state index is 0. The number of alkyl halides is 1. The van der Waals surface area contributed by atoms with E-state index in [1.807, 2.05) is 84.9 Å². The summed E-state index contributed by atoms with van der Waals surface area (Å²) in [5, 5.41) is 4.76. The molecular formula is C46H57Cl3N9NaO4. The molecular weight excluding hydrogens is 872 g/mol. The summed E-state index contributed by atoms with van der Waals surface area (Å²) in [6.45, 7) is 18.6. The van der Waals surface area contributed by atoms with Crippen molar-refractivity contribution in [3.05, 3.63) is 112 Å². The number of hydrogen-bond donors (Lipinski definition) is 1. The Morgan fingerprint density at radius 2 is 0.937 bits per heavy atom. The average molecular weight is 929 g/mol. The van der Waals surface area contributed by atoms with Crippen molar-refractivity contribution < 1.29 is 48.5 Å². The van der Waals surface area contributed by atoms with Crippen LogP contribution in [0.4, 0.5) is 11.4 Å². The van der Waals surface area contributed by atoms with E-state index in [1.54, 1.807) is 0 Å². The van der Waals surface area contributed by atoms with Crippen LogP contribution in [0, 0.1) is 0 Å². The van der Waals surface area contributed by atoms with E-state index in [1.165, 1.54) is 0 Å².